The molecule has 0 aliphatic carbocycles. The van der Waals surface area contributed by atoms with Gasteiger partial charge in [0.25, 0.3) is 0 Å². The van der Waals surface area contributed by atoms with Crippen molar-refractivity contribution in [1.82, 2.24) is 5.32 Å². The molecular formula is C15H22ClNO. The Kier molecular flexibility index (Phi) is 4.44. The second kappa shape index (κ2) is 5.31. The van der Waals surface area contributed by atoms with Gasteiger partial charge >= 0.3 is 5.37 Å². The maximum atomic E-state index is 10.8. The van der Waals surface area contributed by atoms with Crippen molar-refractivity contribution >= 4 is 17.0 Å². The minimum atomic E-state index is -0.505. The van der Waals surface area contributed by atoms with Crippen LogP contribution in [-0.2, 0) is 10.8 Å². The summed E-state index contributed by atoms with van der Waals surface area (Å²) < 4.78 is 0. The first kappa shape index (κ1) is 15.0. The highest BCUT2D eigenvalue weighted by Crippen LogP contribution is 2.27. The molecule has 0 fully saturated rings. The Hall–Kier alpha value is -1.02. The zero-order valence-electron chi connectivity index (χ0n) is 11.8. The Bertz CT molecular complexity index is 415. The smallest absolute Gasteiger partial charge is 0.313 e. The molecule has 0 radical (unpaired) electrons. The Morgan fingerprint density at radius 1 is 1.06 bits per heavy atom. The molecule has 0 saturated carbocycles. The van der Waals surface area contributed by atoms with E-state index in [-0.39, 0.29) is 10.8 Å². The average Bonchev–Trinajstić information content (AvgIpc) is 2.26. The Labute approximate surface area is 115 Å². The minimum Gasteiger partial charge on any atom is -0.342 e. The first-order valence-electron chi connectivity index (χ1n) is 6.17. The molecule has 100 valence electrons. The number of hydrogen-bond donors (Lipinski definition) is 1. The van der Waals surface area contributed by atoms with Crippen molar-refractivity contribution in [2.75, 3.05) is 6.54 Å². The first-order valence-corrected chi connectivity index (χ1v) is 6.55. The van der Waals surface area contributed by atoms with Crippen LogP contribution in [0.2, 0.25) is 0 Å². The largest absolute Gasteiger partial charge is 0.342 e. The third kappa shape index (κ3) is 4.02. The summed E-state index contributed by atoms with van der Waals surface area (Å²) in [6.45, 7) is 11.3. The molecule has 0 unspecified atom stereocenters. The molecule has 2 nitrogen and oxygen atoms in total. The van der Waals surface area contributed by atoms with E-state index in [0.29, 0.717) is 6.54 Å². The lowest BCUT2D eigenvalue weighted by atomic mass is 9.81. The first-order chi connectivity index (χ1) is 8.13. The van der Waals surface area contributed by atoms with Gasteiger partial charge in [0, 0.05) is 12.0 Å². The van der Waals surface area contributed by atoms with Gasteiger partial charge in [-0.25, -0.2) is 0 Å². The number of benzene rings is 1. The molecule has 3 heteroatoms. The Morgan fingerprint density at radius 2 is 1.50 bits per heavy atom. The van der Waals surface area contributed by atoms with Crippen molar-refractivity contribution in [1.29, 1.82) is 0 Å². The lowest BCUT2D eigenvalue weighted by molar-refractivity contribution is 0.257. The van der Waals surface area contributed by atoms with E-state index in [2.05, 4.69) is 64.2 Å². The van der Waals surface area contributed by atoms with Crippen LogP contribution in [0.1, 0.15) is 45.7 Å². The predicted molar refractivity (Wildman–Crippen MR) is 77.4 cm³/mol. The maximum absolute atomic E-state index is 10.8. The average molecular weight is 268 g/mol. The Morgan fingerprint density at radius 3 is 1.89 bits per heavy atom. The monoisotopic (exact) mass is 267 g/mol. The topological polar surface area (TPSA) is 29.1 Å². The van der Waals surface area contributed by atoms with E-state index in [1.54, 1.807) is 0 Å². The van der Waals surface area contributed by atoms with Crippen LogP contribution in [0.3, 0.4) is 0 Å². The third-order valence-electron chi connectivity index (χ3n) is 3.20. The van der Waals surface area contributed by atoms with Crippen LogP contribution in [0, 0.1) is 0 Å². The van der Waals surface area contributed by atoms with Crippen LogP contribution >= 0.6 is 11.6 Å². The number of carbonyl (C=O) groups excluding carboxylic acids is 1. The molecule has 1 aromatic carbocycles. The molecule has 0 aromatic heterocycles. The number of carbonyl (C=O) groups is 1. The van der Waals surface area contributed by atoms with Gasteiger partial charge in [-0.15, -0.1) is 0 Å². The van der Waals surface area contributed by atoms with E-state index in [4.69, 9.17) is 11.6 Å². The van der Waals surface area contributed by atoms with E-state index in [0.717, 1.165) is 0 Å². The van der Waals surface area contributed by atoms with Crippen LogP contribution in [0.15, 0.2) is 24.3 Å². The summed E-state index contributed by atoms with van der Waals surface area (Å²) in [6, 6.07) is 8.56. The van der Waals surface area contributed by atoms with Crippen molar-refractivity contribution < 1.29 is 4.79 Å². The molecule has 0 atom stereocenters. The van der Waals surface area contributed by atoms with Crippen molar-refractivity contribution in [3.63, 3.8) is 0 Å². The van der Waals surface area contributed by atoms with Gasteiger partial charge in [-0.2, -0.15) is 0 Å². The van der Waals surface area contributed by atoms with Gasteiger partial charge in [-0.1, -0.05) is 58.9 Å². The summed E-state index contributed by atoms with van der Waals surface area (Å²) in [6.07, 6.45) is 0. The normalized spacial score (nSPS) is 12.3. The summed E-state index contributed by atoms with van der Waals surface area (Å²) >= 11 is 5.31. The number of hydrogen-bond acceptors (Lipinski definition) is 1. The molecule has 0 spiro atoms. The van der Waals surface area contributed by atoms with Crippen LogP contribution < -0.4 is 5.32 Å². The molecule has 1 rings (SSSR count). The minimum absolute atomic E-state index is 0.124. The lowest BCUT2D eigenvalue weighted by Crippen LogP contribution is -2.34. The molecule has 0 heterocycles. The van der Waals surface area contributed by atoms with Gasteiger partial charge < -0.3 is 5.32 Å². The summed E-state index contributed by atoms with van der Waals surface area (Å²) in [4.78, 5) is 10.8. The maximum Gasteiger partial charge on any atom is 0.313 e. The Balaban J connectivity index is 2.87. The fraction of sp³-hybridized carbons (Fsp3) is 0.533. The lowest BCUT2D eigenvalue weighted by Gasteiger charge is -2.26. The number of halogens is 1. The zero-order valence-corrected chi connectivity index (χ0v) is 12.6. The second-order valence-electron chi connectivity index (χ2n) is 6.34. The van der Waals surface area contributed by atoms with Gasteiger partial charge in [-0.3, -0.25) is 4.79 Å². The second-order valence-corrected chi connectivity index (χ2v) is 6.68. The van der Waals surface area contributed by atoms with Crippen molar-refractivity contribution in [2.45, 2.75) is 45.4 Å². The molecule has 0 saturated heterocycles. The molecule has 0 bridgehead atoms. The summed E-state index contributed by atoms with van der Waals surface area (Å²) in [7, 11) is 0. The van der Waals surface area contributed by atoms with E-state index in [9.17, 15) is 4.79 Å². The van der Waals surface area contributed by atoms with Crippen molar-refractivity contribution in [3.8, 4) is 0 Å². The SMILES string of the molecule is CC(C)(C)c1ccc(C(C)(C)CNC(=O)Cl)cc1. The van der Waals surface area contributed by atoms with Crippen LogP contribution in [-0.4, -0.2) is 11.9 Å². The summed E-state index contributed by atoms with van der Waals surface area (Å²) in [5.41, 5.74) is 2.54. The number of rotatable bonds is 3. The van der Waals surface area contributed by atoms with Gasteiger partial charge in [0.1, 0.15) is 0 Å². The van der Waals surface area contributed by atoms with E-state index >= 15 is 0 Å². The standard InChI is InChI=1S/C15H22ClNO/c1-14(2,3)11-6-8-12(9-7-11)15(4,5)10-17-13(16)18/h6-9H,10H2,1-5H3,(H,17,18). The van der Waals surface area contributed by atoms with Gasteiger partial charge in [0.2, 0.25) is 0 Å². The van der Waals surface area contributed by atoms with Crippen LogP contribution in [0.4, 0.5) is 4.79 Å². The fourth-order valence-corrected chi connectivity index (χ4v) is 1.88. The van der Waals surface area contributed by atoms with Crippen molar-refractivity contribution in [3.05, 3.63) is 35.4 Å². The van der Waals surface area contributed by atoms with Crippen LogP contribution in [0.5, 0.6) is 0 Å². The molecule has 0 aliphatic rings. The summed E-state index contributed by atoms with van der Waals surface area (Å²) in [5, 5.41) is 2.15. The van der Waals surface area contributed by atoms with Crippen LogP contribution in [0.25, 0.3) is 0 Å². The molecule has 1 aromatic rings. The van der Waals surface area contributed by atoms with E-state index in [1.807, 2.05) is 0 Å². The molecule has 1 amide bonds. The number of nitrogens with one attached hydrogen (secondary N) is 1. The quantitative estimate of drug-likeness (QED) is 0.645. The highest BCUT2D eigenvalue weighted by atomic mass is 35.5. The predicted octanol–water partition coefficient (Wildman–Crippen LogP) is 4.21. The van der Waals surface area contributed by atoms with E-state index < -0.39 is 5.37 Å². The molecule has 1 N–H and O–H groups in total. The number of amides is 1. The van der Waals surface area contributed by atoms with Gasteiger partial charge in [-0.05, 0) is 28.1 Å². The van der Waals surface area contributed by atoms with Gasteiger partial charge in [0.05, 0.1) is 0 Å². The van der Waals surface area contributed by atoms with Gasteiger partial charge in [0.15, 0.2) is 0 Å². The molecule has 18 heavy (non-hydrogen) atoms. The highest BCUT2D eigenvalue weighted by Gasteiger charge is 2.22. The highest BCUT2D eigenvalue weighted by molar-refractivity contribution is 6.62. The third-order valence-corrected chi connectivity index (χ3v) is 3.34. The summed E-state index contributed by atoms with van der Waals surface area (Å²) in [5.74, 6) is 0. The van der Waals surface area contributed by atoms with Crippen molar-refractivity contribution in [2.24, 2.45) is 0 Å². The van der Waals surface area contributed by atoms with E-state index in [1.165, 1.54) is 11.1 Å². The fourth-order valence-electron chi connectivity index (χ4n) is 1.81. The molecular weight excluding hydrogens is 246 g/mol. The molecule has 0 aliphatic heterocycles. The zero-order chi connectivity index (χ0) is 14.0.